The largest absolute Gasteiger partial charge is 0.464 e. The molecular formula is C10H21ClN2O3. The molecule has 6 heteroatoms. The predicted molar refractivity (Wildman–Crippen MR) is 64.3 cm³/mol. The Labute approximate surface area is 103 Å². The zero-order valence-corrected chi connectivity index (χ0v) is 10.8. The lowest BCUT2D eigenvalue weighted by atomic mass is 10.0. The summed E-state index contributed by atoms with van der Waals surface area (Å²) in [6.07, 6.45) is 0.560. The summed E-state index contributed by atoms with van der Waals surface area (Å²) in [5, 5.41) is 2.54. The maximum absolute atomic E-state index is 11.5. The fraction of sp³-hybridized carbons (Fsp3) is 0.800. The molecule has 16 heavy (non-hydrogen) atoms. The Bertz CT molecular complexity index is 222. The highest BCUT2D eigenvalue weighted by Crippen LogP contribution is 2.06. The average Bonchev–Trinajstić information content (AvgIpc) is 2.16. The van der Waals surface area contributed by atoms with Gasteiger partial charge in [0.25, 0.3) is 0 Å². The van der Waals surface area contributed by atoms with Crippen molar-refractivity contribution in [3.63, 3.8) is 0 Å². The first-order valence-electron chi connectivity index (χ1n) is 5.17. The van der Waals surface area contributed by atoms with Crippen LogP contribution in [0, 0.1) is 5.92 Å². The van der Waals surface area contributed by atoms with Crippen LogP contribution in [0.4, 0.5) is 0 Å². The van der Waals surface area contributed by atoms with Crippen molar-refractivity contribution in [1.29, 1.82) is 0 Å². The van der Waals surface area contributed by atoms with E-state index in [9.17, 15) is 9.59 Å². The number of nitrogens with one attached hydrogen (secondary N) is 1. The summed E-state index contributed by atoms with van der Waals surface area (Å²) in [6, 6.07) is -0.582. The van der Waals surface area contributed by atoms with Gasteiger partial charge in [0, 0.05) is 0 Å². The number of nitrogens with two attached hydrogens (primary N) is 1. The van der Waals surface area contributed by atoms with Crippen LogP contribution < -0.4 is 11.1 Å². The van der Waals surface area contributed by atoms with E-state index in [0.29, 0.717) is 18.9 Å². The van der Waals surface area contributed by atoms with Gasteiger partial charge in [0.15, 0.2) is 0 Å². The zero-order valence-electron chi connectivity index (χ0n) is 9.99. The van der Waals surface area contributed by atoms with Crippen LogP contribution >= 0.6 is 12.4 Å². The number of hydrogen-bond donors (Lipinski definition) is 2. The van der Waals surface area contributed by atoms with Crippen molar-refractivity contribution in [3.05, 3.63) is 0 Å². The van der Waals surface area contributed by atoms with Gasteiger partial charge in [-0.25, -0.2) is 4.79 Å². The van der Waals surface area contributed by atoms with Gasteiger partial charge in [0.05, 0.1) is 13.2 Å². The van der Waals surface area contributed by atoms with Crippen molar-refractivity contribution < 1.29 is 14.3 Å². The summed E-state index contributed by atoms with van der Waals surface area (Å²) in [7, 11) is 0. The first-order valence-corrected chi connectivity index (χ1v) is 5.17. The van der Waals surface area contributed by atoms with E-state index in [0.717, 1.165) is 0 Å². The van der Waals surface area contributed by atoms with Gasteiger partial charge < -0.3 is 15.8 Å². The molecule has 0 heterocycles. The van der Waals surface area contributed by atoms with Crippen molar-refractivity contribution in [2.24, 2.45) is 11.7 Å². The standard InChI is InChI=1S/C10H20N2O3.ClH/c1-4-15-10(14)8(5-7(2)3)12-9(13)6-11;/h7-8H,4-6,11H2,1-3H3,(H,12,13);1H. The summed E-state index contributed by atoms with van der Waals surface area (Å²) < 4.78 is 4.86. The molecule has 0 spiro atoms. The second kappa shape index (κ2) is 9.42. The van der Waals surface area contributed by atoms with E-state index < -0.39 is 12.0 Å². The maximum Gasteiger partial charge on any atom is 0.328 e. The lowest BCUT2D eigenvalue weighted by Gasteiger charge is -2.18. The van der Waals surface area contributed by atoms with Gasteiger partial charge in [-0.1, -0.05) is 13.8 Å². The summed E-state index contributed by atoms with van der Waals surface area (Å²) in [6.45, 7) is 5.87. The fourth-order valence-electron chi connectivity index (χ4n) is 1.18. The van der Waals surface area contributed by atoms with Crippen LogP contribution in [-0.4, -0.2) is 31.1 Å². The van der Waals surface area contributed by atoms with E-state index in [2.05, 4.69) is 5.32 Å². The predicted octanol–water partition coefficient (Wildman–Crippen LogP) is 0.461. The number of amides is 1. The molecule has 3 N–H and O–H groups in total. The molecule has 0 saturated carbocycles. The van der Waals surface area contributed by atoms with Crippen molar-refractivity contribution >= 4 is 24.3 Å². The molecule has 0 aliphatic carbocycles. The Balaban J connectivity index is 0. The normalized spacial score (nSPS) is 11.6. The third-order valence-corrected chi connectivity index (χ3v) is 1.80. The summed E-state index contributed by atoms with van der Waals surface area (Å²) in [4.78, 5) is 22.5. The van der Waals surface area contributed by atoms with Crippen molar-refractivity contribution in [3.8, 4) is 0 Å². The molecule has 1 atom stereocenters. The highest BCUT2D eigenvalue weighted by atomic mass is 35.5. The molecule has 0 aromatic rings. The third kappa shape index (κ3) is 7.48. The number of rotatable bonds is 6. The highest BCUT2D eigenvalue weighted by molar-refractivity contribution is 5.85. The van der Waals surface area contributed by atoms with E-state index in [1.54, 1.807) is 6.92 Å². The third-order valence-electron chi connectivity index (χ3n) is 1.80. The number of halogens is 1. The molecule has 0 aliphatic rings. The van der Waals surface area contributed by atoms with Crippen LogP contribution in [0.1, 0.15) is 27.2 Å². The van der Waals surface area contributed by atoms with E-state index >= 15 is 0 Å². The Kier molecular flexibility index (Phi) is 10.3. The van der Waals surface area contributed by atoms with Gasteiger partial charge in [-0.05, 0) is 19.3 Å². The van der Waals surface area contributed by atoms with Gasteiger partial charge >= 0.3 is 5.97 Å². The number of hydrogen-bond acceptors (Lipinski definition) is 4. The Morgan fingerprint density at radius 1 is 1.38 bits per heavy atom. The summed E-state index contributed by atoms with van der Waals surface area (Å²) in [5.74, 6) is -0.431. The minimum Gasteiger partial charge on any atom is -0.464 e. The lowest BCUT2D eigenvalue weighted by Crippen LogP contribution is -2.45. The van der Waals surface area contributed by atoms with E-state index in [-0.39, 0.29) is 24.9 Å². The Hall–Kier alpha value is -0.810. The highest BCUT2D eigenvalue weighted by Gasteiger charge is 2.22. The molecule has 0 rings (SSSR count). The smallest absolute Gasteiger partial charge is 0.328 e. The Morgan fingerprint density at radius 2 is 1.94 bits per heavy atom. The van der Waals surface area contributed by atoms with Gasteiger partial charge in [-0.3, -0.25) is 4.79 Å². The van der Waals surface area contributed by atoms with E-state index in [1.165, 1.54) is 0 Å². The molecule has 0 bridgehead atoms. The number of carbonyl (C=O) groups excluding carboxylic acids is 2. The first-order chi connectivity index (χ1) is 7.01. The molecule has 0 fully saturated rings. The van der Waals surface area contributed by atoms with Crippen LogP contribution in [0.5, 0.6) is 0 Å². The average molecular weight is 253 g/mol. The lowest BCUT2D eigenvalue weighted by molar-refractivity contribution is -0.147. The SMILES string of the molecule is CCOC(=O)C(CC(C)C)NC(=O)CN.Cl. The first kappa shape index (κ1) is 17.6. The number of ether oxygens (including phenoxy) is 1. The van der Waals surface area contributed by atoms with Crippen LogP contribution in [0.25, 0.3) is 0 Å². The summed E-state index contributed by atoms with van der Waals surface area (Å²) in [5.41, 5.74) is 5.16. The van der Waals surface area contributed by atoms with Gasteiger partial charge in [0.1, 0.15) is 6.04 Å². The van der Waals surface area contributed by atoms with Gasteiger partial charge in [-0.15, -0.1) is 12.4 Å². The Morgan fingerprint density at radius 3 is 2.31 bits per heavy atom. The zero-order chi connectivity index (χ0) is 11.8. The van der Waals surface area contributed by atoms with Crippen molar-refractivity contribution in [2.45, 2.75) is 33.2 Å². The van der Waals surface area contributed by atoms with E-state index in [4.69, 9.17) is 10.5 Å². The summed E-state index contributed by atoms with van der Waals surface area (Å²) >= 11 is 0. The molecule has 0 radical (unpaired) electrons. The van der Waals surface area contributed by atoms with Crippen LogP contribution in [0.2, 0.25) is 0 Å². The topological polar surface area (TPSA) is 81.4 Å². The van der Waals surface area contributed by atoms with Crippen LogP contribution in [0.15, 0.2) is 0 Å². The molecule has 0 saturated heterocycles. The molecule has 96 valence electrons. The quantitative estimate of drug-likeness (QED) is 0.673. The molecular weight excluding hydrogens is 232 g/mol. The maximum atomic E-state index is 11.5. The molecule has 0 aromatic heterocycles. The minimum atomic E-state index is -0.582. The minimum absolute atomic E-state index is 0. The number of carbonyl (C=O) groups is 2. The fourth-order valence-corrected chi connectivity index (χ4v) is 1.18. The number of esters is 1. The monoisotopic (exact) mass is 252 g/mol. The molecule has 0 aliphatic heterocycles. The van der Waals surface area contributed by atoms with Crippen molar-refractivity contribution in [1.82, 2.24) is 5.32 Å². The van der Waals surface area contributed by atoms with Crippen LogP contribution in [0.3, 0.4) is 0 Å². The molecule has 1 amide bonds. The van der Waals surface area contributed by atoms with Gasteiger partial charge in [0.2, 0.25) is 5.91 Å². The second-order valence-electron chi connectivity index (χ2n) is 3.71. The molecule has 5 nitrogen and oxygen atoms in total. The van der Waals surface area contributed by atoms with Crippen molar-refractivity contribution in [2.75, 3.05) is 13.2 Å². The van der Waals surface area contributed by atoms with Gasteiger partial charge in [-0.2, -0.15) is 0 Å². The molecule has 0 aromatic carbocycles. The van der Waals surface area contributed by atoms with Crippen LogP contribution in [-0.2, 0) is 14.3 Å². The van der Waals surface area contributed by atoms with E-state index in [1.807, 2.05) is 13.8 Å². The molecule has 1 unspecified atom stereocenters. The second-order valence-corrected chi connectivity index (χ2v) is 3.71.